The maximum atomic E-state index is 12.7. The minimum Gasteiger partial charge on any atom is -0.497 e. The molecular formula is C24H23N5O4S. The quantitative estimate of drug-likeness (QED) is 0.360. The fourth-order valence-corrected chi connectivity index (χ4v) is 4.00. The highest BCUT2D eigenvalue weighted by Gasteiger charge is 2.18. The van der Waals surface area contributed by atoms with Crippen molar-refractivity contribution in [1.82, 2.24) is 19.7 Å². The van der Waals surface area contributed by atoms with Gasteiger partial charge in [0.1, 0.15) is 5.75 Å². The first kappa shape index (κ1) is 23.1. The van der Waals surface area contributed by atoms with Crippen LogP contribution in [0.4, 0.5) is 5.69 Å². The van der Waals surface area contributed by atoms with Crippen LogP contribution in [-0.2, 0) is 4.79 Å². The van der Waals surface area contributed by atoms with Gasteiger partial charge in [-0.3, -0.25) is 14.3 Å². The van der Waals surface area contributed by atoms with E-state index in [2.05, 4.69) is 20.5 Å². The van der Waals surface area contributed by atoms with E-state index >= 15 is 0 Å². The van der Waals surface area contributed by atoms with Crippen LogP contribution in [0, 0.1) is 0 Å². The normalized spacial score (nSPS) is 10.6. The summed E-state index contributed by atoms with van der Waals surface area (Å²) in [6, 6.07) is 16.5. The molecule has 4 rings (SSSR count). The van der Waals surface area contributed by atoms with Crippen LogP contribution in [0.5, 0.6) is 17.2 Å². The van der Waals surface area contributed by atoms with Gasteiger partial charge >= 0.3 is 0 Å². The molecule has 0 saturated carbocycles. The van der Waals surface area contributed by atoms with Gasteiger partial charge in [-0.15, -0.1) is 10.2 Å². The van der Waals surface area contributed by atoms with Crippen LogP contribution in [0.2, 0.25) is 0 Å². The molecule has 0 radical (unpaired) electrons. The van der Waals surface area contributed by atoms with Gasteiger partial charge in [0, 0.05) is 35.4 Å². The van der Waals surface area contributed by atoms with Crippen LogP contribution in [0.25, 0.3) is 17.1 Å². The topological polar surface area (TPSA) is 100 Å². The number of ether oxygens (including phenoxy) is 3. The molecule has 0 unspecified atom stereocenters. The third kappa shape index (κ3) is 5.12. The fourth-order valence-electron chi connectivity index (χ4n) is 3.25. The monoisotopic (exact) mass is 477 g/mol. The summed E-state index contributed by atoms with van der Waals surface area (Å²) in [5.74, 6) is 2.43. The molecule has 0 bridgehead atoms. The Morgan fingerprint density at radius 3 is 2.44 bits per heavy atom. The second-order valence-electron chi connectivity index (χ2n) is 6.99. The predicted molar refractivity (Wildman–Crippen MR) is 130 cm³/mol. The molecule has 1 N–H and O–H groups in total. The SMILES string of the molecule is COc1ccc(-n2c(SCC(=O)Nc3ccc(OC)c(OC)c3)nnc2-c2cccnc2)cc1. The third-order valence-electron chi connectivity index (χ3n) is 4.88. The molecule has 0 atom stereocenters. The van der Waals surface area contributed by atoms with Crippen molar-refractivity contribution in [3.8, 4) is 34.3 Å². The van der Waals surface area contributed by atoms with Crippen molar-refractivity contribution in [1.29, 1.82) is 0 Å². The molecule has 10 heteroatoms. The van der Waals surface area contributed by atoms with E-state index < -0.39 is 0 Å². The lowest BCUT2D eigenvalue weighted by molar-refractivity contribution is -0.113. The van der Waals surface area contributed by atoms with Gasteiger partial charge in [0.05, 0.1) is 27.1 Å². The first-order valence-corrected chi connectivity index (χ1v) is 11.3. The van der Waals surface area contributed by atoms with E-state index in [0.717, 1.165) is 17.0 Å². The largest absolute Gasteiger partial charge is 0.497 e. The van der Waals surface area contributed by atoms with Crippen molar-refractivity contribution in [3.05, 3.63) is 67.0 Å². The molecule has 0 aliphatic rings. The second-order valence-corrected chi connectivity index (χ2v) is 7.93. The third-order valence-corrected chi connectivity index (χ3v) is 5.81. The Hall–Kier alpha value is -4.05. The lowest BCUT2D eigenvalue weighted by Crippen LogP contribution is -2.14. The molecule has 4 aromatic rings. The highest BCUT2D eigenvalue weighted by atomic mass is 32.2. The van der Waals surface area contributed by atoms with Gasteiger partial charge in [0.25, 0.3) is 0 Å². The molecule has 9 nitrogen and oxygen atoms in total. The molecule has 174 valence electrons. The number of rotatable bonds is 9. The summed E-state index contributed by atoms with van der Waals surface area (Å²) in [5.41, 5.74) is 2.26. The minimum atomic E-state index is -0.190. The Balaban J connectivity index is 1.56. The van der Waals surface area contributed by atoms with Crippen LogP contribution in [0.3, 0.4) is 0 Å². The molecule has 0 saturated heterocycles. The average Bonchev–Trinajstić information content (AvgIpc) is 3.32. The summed E-state index contributed by atoms with van der Waals surface area (Å²) in [7, 11) is 4.73. The first-order chi connectivity index (χ1) is 16.6. The summed E-state index contributed by atoms with van der Waals surface area (Å²) in [6.07, 6.45) is 3.42. The number of aromatic nitrogens is 4. The standard InChI is InChI=1S/C24H23N5O4S/c1-31-19-9-7-18(8-10-19)29-23(16-5-4-12-25-14-16)27-28-24(29)34-15-22(30)26-17-6-11-20(32-2)21(13-17)33-3/h4-14H,15H2,1-3H3,(H,26,30). The van der Waals surface area contributed by atoms with Gasteiger partial charge in [-0.05, 0) is 48.5 Å². The summed E-state index contributed by atoms with van der Waals surface area (Å²) < 4.78 is 17.7. The number of benzene rings is 2. The first-order valence-electron chi connectivity index (χ1n) is 10.3. The Morgan fingerprint density at radius 2 is 1.76 bits per heavy atom. The molecular weight excluding hydrogens is 454 g/mol. The second kappa shape index (κ2) is 10.7. The van der Waals surface area contributed by atoms with E-state index in [1.807, 2.05) is 41.0 Å². The maximum Gasteiger partial charge on any atom is 0.234 e. The zero-order valence-corrected chi connectivity index (χ0v) is 19.7. The number of anilines is 1. The molecule has 34 heavy (non-hydrogen) atoms. The van der Waals surface area contributed by atoms with Crippen LogP contribution < -0.4 is 19.5 Å². The minimum absolute atomic E-state index is 0.135. The predicted octanol–water partition coefficient (Wildman–Crippen LogP) is 4.09. The van der Waals surface area contributed by atoms with Gasteiger partial charge in [0.2, 0.25) is 5.91 Å². The number of methoxy groups -OCH3 is 3. The van der Waals surface area contributed by atoms with E-state index in [-0.39, 0.29) is 11.7 Å². The number of thioether (sulfide) groups is 1. The Labute approximate surface area is 201 Å². The fraction of sp³-hybridized carbons (Fsp3) is 0.167. The highest BCUT2D eigenvalue weighted by Crippen LogP contribution is 2.31. The number of pyridine rings is 1. The highest BCUT2D eigenvalue weighted by molar-refractivity contribution is 7.99. The van der Waals surface area contributed by atoms with Crippen molar-refractivity contribution in [3.63, 3.8) is 0 Å². The molecule has 0 aliphatic heterocycles. The molecule has 0 aliphatic carbocycles. The van der Waals surface area contributed by atoms with Crippen LogP contribution in [0.1, 0.15) is 0 Å². The number of amides is 1. The Morgan fingerprint density at radius 1 is 0.971 bits per heavy atom. The molecule has 2 aromatic heterocycles. The van der Waals surface area contributed by atoms with Gasteiger partial charge in [0.15, 0.2) is 22.5 Å². The Kier molecular flexibility index (Phi) is 7.28. The number of nitrogens with zero attached hydrogens (tertiary/aromatic N) is 4. The summed E-state index contributed by atoms with van der Waals surface area (Å²) in [5, 5.41) is 12.2. The Bertz CT molecular complexity index is 1260. The van der Waals surface area contributed by atoms with Crippen LogP contribution in [0.15, 0.2) is 72.1 Å². The van der Waals surface area contributed by atoms with Crippen molar-refractivity contribution >= 4 is 23.4 Å². The molecule has 2 heterocycles. The summed E-state index contributed by atoms with van der Waals surface area (Å²) in [6.45, 7) is 0. The number of carbonyl (C=O) groups is 1. The molecule has 2 aromatic carbocycles. The molecule has 0 fully saturated rings. The number of hydrogen-bond donors (Lipinski definition) is 1. The van der Waals surface area contributed by atoms with E-state index in [4.69, 9.17) is 14.2 Å². The van der Waals surface area contributed by atoms with E-state index in [1.165, 1.54) is 11.8 Å². The van der Waals surface area contributed by atoms with Crippen molar-refractivity contribution in [2.45, 2.75) is 5.16 Å². The smallest absolute Gasteiger partial charge is 0.234 e. The molecule has 0 spiro atoms. The van der Waals surface area contributed by atoms with E-state index in [9.17, 15) is 4.79 Å². The van der Waals surface area contributed by atoms with Crippen molar-refractivity contribution in [2.75, 3.05) is 32.4 Å². The van der Waals surface area contributed by atoms with Gasteiger partial charge in [-0.2, -0.15) is 0 Å². The number of carbonyl (C=O) groups excluding carboxylic acids is 1. The van der Waals surface area contributed by atoms with Crippen LogP contribution >= 0.6 is 11.8 Å². The lowest BCUT2D eigenvalue weighted by Gasteiger charge is -2.12. The zero-order valence-electron chi connectivity index (χ0n) is 18.9. The number of hydrogen-bond acceptors (Lipinski definition) is 8. The molecule has 1 amide bonds. The van der Waals surface area contributed by atoms with Crippen molar-refractivity contribution < 1.29 is 19.0 Å². The van der Waals surface area contributed by atoms with Crippen LogP contribution in [-0.4, -0.2) is 52.7 Å². The lowest BCUT2D eigenvalue weighted by atomic mass is 10.2. The van der Waals surface area contributed by atoms with Crippen molar-refractivity contribution in [2.24, 2.45) is 0 Å². The maximum absolute atomic E-state index is 12.7. The van der Waals surface area contributed by atoms with E-state index in [1.54, 1.807) is 51.9 Å². The summed E-state index contributed by atoms with van der Waals surface area (Å²) in [4.78, 5) is 16.8. The van der Waals surface area contributed by atoms with Gasteiger partial charge in [-0.1, -0.05) is 11.8 Å². The van der Waals surface area contributed by atoms with Gasteiger partial charge in [-0.25, -0.2) is 0 Å². The van der Waals surface area contributed by atoms with Gasteiger partial charge < -0.3 is 19.5 Å². The number of nitrogens with one attached hydrogen (secondary N) is 1. The average molecular weight is 478 g/mol. The zero-order chi connectivity index (χ0) is 23.9. The summed E-state index contributed by atoms with van der Waals surface area (Å²) >= 11 is 1.28. The van der Waals surface area contributed by atoms with E-state index in [0.29, 0.717) is 28.2 Å².